The van der Waals surface area contributed by atoms with Crippen molar-refractivity contribution in [1.29, 1.82) is 0 Å². The molecule has 1 heterocycles. The van der Waals surface area contributed by atoms with E-state index in [9.17, 15) is 9.59 Å². The molecule has 7 heteroatoms. The molecule has 0 saturated carbocycles. The van der Waals surface area contributed by atoms with Crippen LogP contribution in [0, 0.1) is 0 Å². The maximum Gasteiger partial charge on any atom is 0.319 e. The smallest absolute Gasteiger partial charge is 0.319 e. The number of anilines is 2. The number of urea groups is 1. The van der Waals surface area contributed by atoms with Crippen molar-refractivity contribution in [3.8, 4) is 0 Å². The van der Waals surface area contributed by atoms with Gasteiger partial charge < -0.3 is 21.3 Å². The van der Waals surface area contributed by atoms with Crippen molar-refractivity contribution in [1.82, 2.24) is 15.6 Å². The fourth-order valence-corrected chi connectivity index (χ4v) is 2.16. The van der Waals surface area contributed by atoms with Gasteiger partial charge in [-0.2, -0.15) is 0 Å². The third kappa shape index (κ3) is 6.80. The molecule has 3 amide bonds. The molecule has 2 aromatic rings. The second-order valence-electron chi connectivity index (χ2n) is 6.81. The first-order valence-electron chi connectivity index (χ1n) is 8.46. The number of hydrogen-bond donors (Lipinski definition) is 4. The summed E-state index contributed by atoms with van der Waals surface area (Å²) in [6.45, 7) is 6.74. The molecule has 0 aliphatic rings. The third-order valence-electron chi connectivity index (χ3n) is 3.25. The van der Waals surface area contributed by atoms with Crippen LogP contribution < -0.4 is 21.3 Å². The molecule has 0 saturated heterocycles. The van der Waals surface area contributed by atoms with Gasteiger partial charge in [-0.15, -0.1) is 0 Å². The first-order chi connectivity index (χ1) is 12.3. The van der Waals surface area contributed by atoms with Gasteiger partial charge in [-0.25, -0.2) is 9.78 Å². The molecule has 0 spiro atoms. The number of nitrogens with one attached hydrogen (secondary N) is 4. The Morgan fingerprint density at radius 2 is 1.85 bits per heavy atom. The summed E-state index contributed by atoms with van der Waals surface area (Å²) in [5, 5.41) is 11.5. The highest BCUT2D eigenvalue weighted by atomic mass is 16.2. The van der Waals surface area contributed by atoms with Crippen LogP contribution in [0.2, 0.25) is 0 Å². The number of rotatable bonds is 6. The Morgan fingerprint density at radius 3 is 2.54 bits per heavy atom. The van der Waals surface area contributed by atoms with Crippen LogP contribution in [0.4, 0.5) is 16.3 Å². The standard InChI is InChI=1S/C19H25N5O2/c1-19(2,3)24-17(25)14-7-6-8-15(13-14)23-18(26)22-12-11-21-16-9-4-5-10-20-16/h4-10,13H,11-12H2,1-3H3,(H,20,21)(H,24,25)(H2,22,23,26). The number of benzene rings is 1. The highest BCUT2D eigenvalue weighted by Gasteiger charge is 2.15. The average molecular weight is 355 g/mol. The minimum atomic E-state index is -0.332. The van der Waals surface area contributed by atoms with Gasteiger partial charge in [0.15, 0.2) is 0 Å². The largest absolute Gasteiger partial charge is 0.368 e. The number of carbonyl (C=O) groups is 2. The molecule has 0 fully saturated rings. The number of hydrogen-bond acceptors (Lipinski definition) is 4. The van der Waals surface area contributed by atoms with Crippen molar-refractivity contribution in [3.05, 3.63) is 54.2 Å². The predicted molar refractivity (Wildman–Crippen MR) is 103 cm³/mol. The Morgan fingerprint density at radius 1 is 1.04 bits per heavy atom. The Hall–Kier alpha value is -3.09. The molecule has 2 rings (SSSR count). The second kappa shape index (κ2) is 8.84. The summed E-state index contributed by atoms with van der Waals surface area (Å²) in [4.78, 5) is 28.3. The van der Waals surface area contributed by atoms with E-state index in [4.69, 9.17) is 0 Å². The lowest BCUT2D eigenvalue weighted by Crippen LogP contribution is -2.40. The second-order valence-corrected chi connectivity index (χ2v) is 6.81. The molecule has 0 aliphatic carbocycles. The summed E-state index contributed by atoms with van der Waals surface area (Å²) in [7, 11) is 0. The molecule has 0 atom stereocenters. The van der Waals surface area contributed by atoms with Gasteiger partial charge in [0.2, 0.25) is 0 Å². The molecule has 1 aromatic carbocycles. The van der Waals surface area contributed by atoms with Gasteiger partial charge in [0.1, 0.15) is 5.82 Å². The van der Waals surface area contributed by atoms with Gasteiger partial charge in [-0.3, -0.25) is 4.79 Å². The first-order valence-corrected chi connectivity index (χ1v) is 8.46. The van der Waals surface area contributed by atoms with Gasteiger partial charge in [0.25, 0.3) is 5.91 Å². The van der Waals surface area contributed by atoms with E-state index in [-0.39, 0.29) is 17.5 Å². The molecular formula is C19H25N5O2. The lowest BCUT2D eigenvalue weighted by Gasteiger charge is -2.20. The molecule has 0 radical (unpaired) electrons. The zero-order valence-corrected chi connectivity index (χ0v) is 15.3. The quantitative estimate of drug-likeness (QED) is 0.599. The zero-order chi connectivity index (χ0) is 19.0. The van der Waals surface area contributed by atoms with Crippen molar-refractivity contribution >= 4 is 23.4 Å². The number of amides is 3. The average Bonchev–Trinajstić information content (AvgIpc) is 2.58. The van der Waals surface area contributed by atoms with Gasteiger partial charge >= 0.3 is 6.03 Å². The van der Waals surface area contributed by atoms with E-state index in [1.54, 1.807) is 30.5 Å². The number of nitrogens with zero attached hydrogens (tertiary/aromatic N) is 1. The van der Waals surface area contributed by atoms with Crippen LogP contribution in [0.1, 0.15) is 31.1 Å². The van der Waals surface area contributed by atoms with Gasteiger partial charge in [0, 0.05) is 36.1 Å². The normalized spacial score (nSPS) is 10.7. The maximum atomic E-state index is 12.2. The number of pyridine rings is 1. The first kappa shape index (κ1) is 19.2. The molecule has 0 aliphatic heterocycles. The minimum Gasteiger partial charge on any atom is -0.368 e. The minimum absolute atomic E-state index is 0.180. The van der Waals surface area contributed by atoms with Crippen molar-refractivity contribution in [2.45, 2.75) is 26.3 Å². The van der Waals surface area contributed by atoms with Crippen molar-refractivity contribution in [2.24, 2.45) is 0 Å². The van der Waals surface area contributed by atoms with E-state index in [1.807, 2.05) is 39.0 Å². The summed E-state index contributed by atoms with van der Waals surface area (Å²) >= 11 is 0. The van der Waals surface area contributed by atoms with Crippen molar-refractivity contribution in [2.75, 3.05) is 23.7 Å². The molecule has 0 unspecified atom stereocenters. The van der Waals surface area contributed by atoms with Crippen LogP contribution in [0.5, 0.6) is 0 Å². The summed E-state index contributed by atoms with van der Waals surface area (Å²) in [6.07, 6.45) is 1.70. The number of aromatic nitrogens is 1. The lowest BCUT2D eigenvalue weighted by atomic mass is 10.1. The molecular weight excluding hydrogens is 330 g/mol. The number of carbonyl (C=O) groups excluding carboxylic acids is 2. The fourth-order valence-electron chi connectivity index (χ4n) is 2.16. The molecule has 7 nitrogen and oxygen atoms in total. The van der Waals surface area contributed by atoms with E-state index >= 15 is 0 Å². The topological polar surface area (TPSA) is 95.2 Å². The Labute approximate surface area is 153 Å². The van der Waals surface area contributed by atoms with Crippen LogP contribution in [0.25, 0.3) is 0 Å². The maximum absolute atomic E-state index is 12.2. The zero-order valence-electron chi connectivity index (χ0n) is 15.3. The monoisotopic (exact) mass is 355 g/mol. The molecule has 26 heavy (non-hydrogen) atoms. The van der Waals surface area contributed by atoms with E-state index in [2.05, 4.69) is 26.3 Å². The Bertz CT molecular complexity index is 741. The highest BCUT2D eigenvalue weighted by Crippen LogP contribution is 2.12. The Kier molecular flexibility index (Phi) is 6.54. The van der Waals surface area contributed by atoms with E-state index < -0.39 is 0 Å². The van der Waals surface area contributed by atoms with Crippen LogP contribution in [-0.2, 0) is 0 Å². The molecule has 0 bridgehead atoms. The molecule has 4 N–H and O–H groups in total. The van der Waals surface area contributed by atoms with Crippen LogP contribution in [0.3, 0.4) is 0 Å². The van der Waals surface area contributed by atoms with E-state index in [0.29, 0.717) is 24.3 Å². The summed E-state index contributed by atoms with van der Waals surface area (Å²) in [5.74, 6) is 0.577. The lowest BCUT2D eigenvalue weighted by molar-refractivity contribution is 0.0919. The highest BCUT2D eigenvalue weighted by molar-refractivity contribution is 5.97. The van der Waals surface area contributed by atoms with Gasteiger partial charge in [0.05, 0.1) is 0 Å². The molecule has 1 aromatic heterocycles. The van der Waals surface area contributed by atoms with Crippen LogP contribution in [-0.4, -0.2) is 35.6 Å². The van der Waals surface area contributed by atoms with Crippen molar-refractivity contribution in [3.63, 3.8) is 0 Å². The van der Waals surface area contributed by atoms with Crippen molar-refractivity contribution < 1.29 is 9.59 Å². The summed E-state index contributed by atoms with van der Waals surface area (Å²) < 4.78 is 0. The van der Waals surface area contributed by atoms with Crippen LogP contribution in [0.15, 0.2) is 48.7 Å². The third-order valence-corrected chi connectivity index (χ3v) is 3.25. The van der Waals surface area contributed by atoms with Gasteiger partial charge in [-0.1, -0.05) is 12.1 Å². The molecule has 138 valence electrons. The van der Waals surface area contributed by atoms with E-state index in [1.165, 1.54) is 0 Å². The summed E-state index contributed by atoms with van der Waals surface area (Å²) in [6, 6.07) is 12.1. The van der Waals surface area contributed by atoms with E-state index in [0.717, 1.165) is 5.82 Å². The predicted octanol–water partition coefficient (Wildman–Crippen LogP) is 2.84. The Balaban J connectivity index is 1.79. The van der Waals surface area contributed by atoms with Gasteiger partial charge in [-0.05, 0) is 51.1 Å². The van der Waals surface area contributed by atoms with Crippen LogP contribution >= 0.6 is 0 Å². The summed E-state index contributed by atoms with van der Waals surface area (Å²) in [5.41, 5.74) is 0.731. The fraction of sp³-hybridized carbons (Fsp3) is 0.316. The SMILES string of the molecule is CC(C)(C)NC(=O)c1cccc(NC(=O)NCCNc2ccccn2)c1.